The molecule has 608 valence electrons. The molecule has 19 heteroatoms. The molecule has 0 atom stereocenters. The Morgan fingerprint density at radius 1 is 0.342 bits per heavy atom. The third-order valence-corrected chi connectivity index (χ3v) is 21.4. The van der Waals surface area contributed by atoms with Crippen LogP contribution in [0.1, 0.15) is 212 Å². The molecular weight excluding hydrogens is 1400 g/mol. The number of hydrogen-bond acceptors (Lipinski definition) is 15. The largest absolute Gasteiger partial charge is 0.508 e. The molecule has 0 radical (unpaired) electrons. The first kappa shape index (κ1) is 91.1. The van der Waals surface area contributed by atoms with E-state index in [1.165, 1.54) is 96.3 Å². The lowest BCUT2D eigenvalue weighted by molar-refractivity contribution is -0.191. The van der Waals surface area contributed by atoms with E-state index >= 15 is 0 Å². The molecule has 111 heavy (non-hydrogen) atoms. The van der Waals surface area contributed by atoms with Crippen molar-refractivity contribution >= 4 is 30.5 Å². The Bertz CT molecular complexity index is 3910. The van der Waals surface area contributed by atoms with Crippen LogP contribution >= 0.6 is 0 Å². The maximum absolute atomic E-state index is 12.2. The van der Waals surface area contributed by atoms with Crippen LogP contribution in [0.5, 0.6) is 11.5 Å². The number of nitrogens with zero attached hydrogens (tertiary/aromatic N) is 4. The summed E-state index contributed by atoms with van der Waals surface area (Å²) in [5.41, 5.74) is 27.2. The van der Waals surface area contributed by atoms with Crippen molar-refractivity contribution in [3.8, 4) is 11.5 Å². The zero-order chi connectivity index (χ0) is 82.3. The topological polar surface area (TPSA) is 237 Å². The molecule has 0 aliphatic carbocycles. The second kappa shape index (κ2) is 41.7. The van der Waals surface area contributed by atoms with E-state index in [1.54, 1.807) is 33.1 Å². The summed E-state index contributed by atoms with van der Waals surface area (Å²) in [6.07, 6.45) is 11.8. The van der Waals surface area contributed by atoms with Crippen molar-refractivity contribution in [1.82, 2.24) is 30.2 Å². The van der Waals surface area contributed by atoms with Gasteiger partial charge in [0.1, 0.15) is 33.9 Å². The Morgan fingerprint density at radius 2 is 0.577 bits per heavy atom. The van der Waals surface area contributed by atoms with Gasteiger partial charge in [-0.15, -0.1) is 0 Å². The minimum atomic E-state index is -0.468. The van der Waals surface area contributed by atoms with Crippen molar-refractivity contribution in [3.05, 3.63) is 195 Å². The lowest BCUT2D eigenvalue weighted by Gasteiger charge is -2.26. The molecule has 6 aliphatic rings. The van der Waals surface area contributed by atoms with Crippen LogP contribution in [0.4, 0.5) is 19.2 Å². The molecule has 4 amide bonds. The van der Waals surface area contributed by atoms with Gasteiger partial charge in [-0.3, -0.25) is 0 Å². The molecule has 0 unspecified atom stereocenters. The van der Waals surface area contributed by atoms with Crippen LogP contribution in [-0.4, -0.2) is 166 Å². The summed E-state index contributed by atoms with van der Waals surface area (Å²) in [7, 11) is 0. The summed E-state index contributed by atoms with van der Waals surface area (Å²) < 4.78 is 21.8. The van der Waals surface area contributed by atoms with Gasteiger partial charge in [-0.05, 0) is 383 Å². The highest BCUT2D eigenvalue weighted by Crippen LogP contribution is 2.31. The number of benzene rings is 6. The third kappa shape index (κ3) is 27.9. The monoisotopic (exact) mass is 1530 g/mol. The van der Waals surface area contributed by atoms with Gasteiger partial charge in [0.25, 0.3) is 0 Å². The van der Waals surface area contributed by atoms with E-state index in [0.717, 1.165) is 151 Å². The molecule has 5 N–H and O–H groups in total. The maximum Gasteiger partial charge on any atom is 0.410 e. The zero-order valence-electron chi connectivity index (χ0n) is 71.0. The maximum atomic E-state index is 12.2. The van der Waals surface area contributed by atoms with Gasteiger partial charge in [0.2, 0.25) is 0 Å². The minimum absolute atomic E-state index is 0.0644. The molecular formula is C92H132N6O13. The number of phenols is 2. The number of aryl methyl sites for hydroxylation is 3. The quantitative estimate of drug-likeness (QED) is 0.101. The number of aliphatic hydroxyl groups excluding tert-OH is 1. The van der Waals surface area contributed by atoms with E-state index < -0.39 is 22.4 Å². The average Bonchev–Trinajstić information content (AvgIpc) is 1.78. The van der Waals surface area contributed by atoms with Crippen molar-refractivity contribution in [2.75, 3.05) is 78.5 Å². The number of carbonyl (C=O) groups excluding carboxylic acids is 6. The Hall–Kier alpha value is -8.74. The van der Waals surface area contributed by atoms with E-state index in [-0.39, 0.29) is 37.1 Å². The van der Waals surface area contributed by atoms with Gasteiger partial charge in [0.05, 0.1) is 6.61 Å². The van der Waals surface area contributed by atoms with Crippen LogP contribution in [0.2, 0.25) is 0 Å². The molecule has 0 fully saturated rings. The molecule has 0 saturated heterocycles. The van der Waals surface area contributed by atoms with Gasteiger partial charge >= 0.3 is 30.5 Å². The molecule has 0 bridgehead atoms. The van der Waals surface area contributed by atoms with Gasteiger partial charge < -0.3 is 64.5 Å². The highest BCUT2D eigenvalue weighted by atomic mass is 16.6. The summed E-state index contributed by atoms with van der Waals surface area (Å²) in [5, 5.41) is 35.5. The fourth-order valence-corrected chi connectivity index (χ4v) is 14.8. The second-order valence-corrected chi connectivity index (χ2v) is 33.9. The molecule has 12 rings (SSSR count). The first-order valence-corrected chi connectivity index (χ1v) is 40.1. The predicted molar refractivity (Wildman–Crippen MR) is 442 cm³/mol. The Balaban J connectivity index is 0.000000208. The lowest BCUT2D eigenvalue weighted by atomic mass is 9.93. The SMILES string of the molecule is CCc1ccc2c(c1C)CCN(C(=O)OC(C)(C)C)CC2.Cc1c(CO)ccc2c1CCN(C(=O)OC(C)(C)C)CC2.Cc1c(O)ccc2c1CCN(C(=O)OC(C)(C)C)CC2.Cc1c(O)ccc2c1CCNCC2.Cc1ccc2c(c1C)CCN(C(=O)OC(C)(C)C)CC2.Cc1ccc2c(c1C)CCNCC2.O=C=O. The molecule has 0 spiro atoms. The van der Waals surface area contributed by atoms with Crippen LogP contribution in [0.3, 0.4) is 0 Å². The average molecular weight is 1530 g/mol. The summed E-state index contributed by atoms with van der Waals surface area (Å²) in [5.74, 6) is 0.759. The van der Waals surface area contributed by atoms with Crippen molar-refractivity contribution in [2.45, 2.75) is 258 Å². The number of hydrogen-bond donors (Lipinski definition) is 5. The first-order chi connectivity index (χ1) is 52.2. The van der Waals surface area contributed by atoms with Crippen molar-refractivity contribution < 1.29 is 63.0 Å². The van der Waals surface area contributed by atoms with Crippen LogP contribution < -0.4 is 10.6 Å². The smallest absolute Gasteiger partial charge is 0.410 e. The number of amides is 4. The molecule has 0 aromatic heterocycles. The number of phenolic OH excluding ortho intramolecular Hbond substituents is 2. The Kier molecular flexibility index (Phi) is 34.2. The summed E-state index contributed by atoms with van der Waals surface area (Å²) in [6.45, 7) is 51.9. The number of fused-ring (bicyclic) bond motifs is 6. The second-order valence-electron chi connectivity index (χ2n) is 33.9. The third-order valence-electron chi connectivity index (χ3n) is 21.4. The lowest BCUT2D eigenvalue weighted by Crippen LogP contribution is -2.38. The van der Waals surface area contributed by atoms with Crippen LogP contribution in [0.25, 0.3) is 0 Å². The van der Waals surface area contributed by atoms with Crippen molar-refractivity contribution in [3.63, 3.8) is 0 Å². The van der Waals surface area contributed by atoms with Crippen LogP contribution in [0.15, 0.2) is 72.8 Å². The fourth-order valence-electron chi connectivity index (χ4n) is 14.8. The predicted octanol–water partition coefficient (Wildman–Crippen LogP) is 16.2. The molecule has 19 nitrogen and oxygen atoms in total. The number of carbonyl (C=O) groups is 4. The summed E-state index contributed by atoms with van der Waals surface area (Å²) in [6, 6.07) is 25.0. The van der Waals surface area contributed by atoms with E-state index in [9.17, 15) is 34.5 Å². The number of aromatic hydroxyl groups is 2. The number of aliphatic hydroxyl groups is 1. The Labute approximate surface area is 663 Å². The van der Waals surface area contributed by atoms with Gasteiger partial charge in [-0.2, -0.15) is 9.59 Å². The van der Waals surface area contributed by atoms with E-state index in [1.807, 2.05) is 132 Å². The molecule has 6 heterocycles. The first-order valence-electron chi connectivity index (χ1n) is 40.1. The van der Waals surface area contributed by atoms with E-state index in [0.29, 0.717) is 37.7 Å². The van der Waals surface area contributed by atoms with Gasteiger partial charge in [-0.25, -0.2) is 19.2 Å². The van der Waals surface area contributed by atoms with Crippen LogP contribution in [-0.2, 0) is 119 Å². The zero-order valence-corrected chi connectivity index (χ0v) is 71.0. The van der Waals surface area contributed by atoms with Crippen LogP contribution in [0, 0.1) is 55.4 Å². The molecule has 6 aromatic rings. The number of nitrogens with one attached hydrogen (secondary N) is 2. The highest BCUT2D eigenvalue weighted by Gasteiger charge is 2.30. The van der Waals surface area contributed by atoms with Gasteiger partial charge in [0.15, 0.2) is 0 Å². The fraction of sp³-hybridized carbons (Fsp3) is 0.554. The molecule has 0 saturated carbocycles. The highest BCUT2D eigenvalue weighted by molar-refractivity contribution is 5.70. The molecule has 6 aliphatic heterocycles. The van der Waals surface area contributed by atoms with E-state index in [4.69, 9.17) is 28.5 Å². The Morgan fingerprint density at radius 3 is 0.883 bits per heavy atom. The standard InChI is InChI=1S/C18H27NO2.C17H25NO3.C17H25NO2.C16H23NO3.C12H17N.C11H15NO.CO2/c1-6-14-7-8-15-9-11-19(12-10-16(15)13(14)2)17(20)21-18(3,4)5;1-12-14(11-19)6-5-13-7-9-18(10-8-15(12)13)16(20)21-17(2,3)4;1-12-6-7-14-8-10-18(11-9-15(14)13(12)2)16(19)20-17(3,4)5;1-11-13-8-10-17(15(19)20-16(2,3)4)9-7-12(13)5-6-14(11)18;1-9-3-4-11-5-7-13-8-6-12(11)10(9)2;1-8-10-5-7-12-6-4-9(10)2-3-11(8)13;2-1-3/h7-8H,6,9-12H2,1-5H3;5-6,19H,7-11H2,1-4H3;6-7H,8-11H2,1-5H3;5-6,18H,7-10H2,1-4H3;3-4,13H,5-8H2,1-2H3;2-3,12-13H,4-7H2,1H3;. The van der Waals surface area contributed by atoms with Gasteiger partial charge in [-0.1, -0.05) is 67.6 Å². The summed E-state index contributed by atoms with van der Waals surface area (Å²) in [4.78, 5) is 72.2. The minimum Gasteiger partial charge on any atom is -0.508 e. The number of ether oxygens (including phenoxy) is 4. The van der Waals surface area contributed by atoms with E-state index in [2.05, 4.69) is 94.6 Å². The van der Waals surface area contributed by atoms with Crippen molar-refractivity contribution in [2.24, 2.45) is 0 Å². The van der Waals surface area contributed by atoms with Crippen molar-refractivity contribution in [1.29, 1.82) is 0 Å². The normalized spacial score (nSPS) is 15.3. The number of rotatable bonds is 2. The van der Waals surface area contributed by atoms with Gasteiger partial charge in [0, 0.05) is 52.4 Å². The molecule has 6 aromatic carbocycles. The summed E-state index contributed by atoms with van der Waals surface area (Å²) >= 11 is 0.